The maximum atomic E-state index is 12.4. The van der Waals surface area contributed by atoms with Crippen LogP contribution < -0.4 is 11.1 Å². The van der Waals surface area contributed by atoms with Crippen LogP contribution in [0.2, 0.25) is 0 Å². The standard InChI is InChI=1S/C18H19N3O6/c1-4-7-21-15(23)11-6-5-10(8-12(11)16(21)24)17(25)27-13(9(2)3)14(22)20-18(19)26/h4-6,8-9,13H,1,7H2,2-3H3,(H3,19,20,22,26)/t13-/m1/s1. The lowest BCUT2D eigenvalue weighted by Gasteiger charge is -2.19. The second kappa shape index (κ2) is 7.81. The molecule has 0 aromatic heterocycles. The average molecular weight is 373 g/mol. The van der Waals surface area contributed by atoms with Gasteiger partial charge in [-0.05, 0) is 24.1 Å². The van der Waals surface area contributed by atoms with E-state index in [0.717, 1.165) is 4.90 Å². The summed E-state index contributed by atoms with van der Waals surface area (Å²) in [5.41, 5.74) is 5.14. The molecule has 0 saturated heterocycles. The Morgan fingerprint density at radius 2 is 1.85 bits per heavy atom. The molecule has 0 aliphatic carbocycles. The maximum Gasteiger partial charge on any atom is 0.338 e. The van der Waals surface area contributed by atoms with Gasteiger partial charge in [-0.15, -0.1) is 6.58 Å². The van der Waals surface area contributed by atoms with Crippen LogP contribution in [0, 0.1) is 5.92 Å². The fourth-order valence-corrected chi connectivity index (χ4v) is 2.58. The highest BCUT2D eigenvalue weighted by molar-refractivity contribution is 6.22. The number of carbonyl (C=O) groups is 5. The highest BCUT2D eigenvalue weighted by Crippen LogP contribution is 2.24. The van der Waals surface area contributed by atoms with E-state index < -0.39 is 41.7 Å². The monoisotopic (exact) mass is 373 g/mol. The summed E-state index contributed by atoms with van der Waals surface area (Å²) >= 11 is 0. The number of ether oxygens (including phenoxy) is 1. The number of esters is 1. The van der Waals surface area contributed by atoms with Crippen LogP contribution in [-0.4, -0.2) is 47.3 Å². The smallest absolute Gasteiger partial charge is 0.338 e. The lowest BCUT2D eigenvalue weighted by Crippen LogP contribution is -2.45. The quantitative estimate of drug-likeness (QED) is 0.431. The summed E-state index contributed by atoms with van der Waals surface area (Å²) in [7, 11) is 0. The Labute approximate surface area is 155 Å². The van der Waals surface area contributed by atoms with Gasteiger partial charge >= 0.3 is 12.0 Å². The van der Waals surface area contributed by atoms with Crippen LogP contribution in [0.25, 0.3) is 0 Å². The summed E-state index contributed by atoms with van der Waals surface area (Å²) in [6, 6.07) is 2.85. The molecule has 142 valence electrons. The number of nitrogens with zero attached hydrogens (tertiary/aromatic N) is 1. The molecule has 1 aliphatic rings. The topological polar surface area (TPSA) is 136 Å². The summed E-state index contributed by atoms with van der Waals surface area (Å²) in [5, 5.41) is 1.86. The van der Waals surface area contributed by atoms with Gasteiger partial charge in [0, 0.05) is 6.54 Å². The molecule has 0 bridgehead atoms. The van der Waals surface area contributed by atoms with Gasteiger partial charge in [0.05, 0.1) is 16.7 Å². The van der Waals surface area contributed by atoms with Crippen LogP contribution in [0.15, 0.2) is 30.9 Å². The van der Waals surface area contributed by atoms with E-state index in [4.69, 9.17) is 10.5 Å². The SMILES string of the molecule is C=CCN1C(=O)c2ccc(C(=O)O[C@@H](C(=O)NC(N)=O)C(C)C)cc2C1=O. The second-order valence-electron chi connectivity index (χ2n) is 6.19. The number of carbonyl (C=O) groups excluding carboxylic acids is 5. The third-order valence-corrected chi connectivity index (χ3v) is 3.86. The van der Waals surface area contributed by atoms with E-state index in [1.54, 1.807) is 13.8 Å². The first-order chi connectivity index (χ1) is 12.7. The van der Waals surface area contributed by atoms with E-state index in [9.17, 15) is 24.0 Å². The Hall–Kier alpha value is -3.49. The molecule has 0 saturated carbocycles. The highest BCUT2D eigenvalue weighted by Gasteiger charge is 2.36. The van der Waals surface area contributed by atoms with Crippen LogP contribution >= 0.6 is 0 Å². The van der Waals surface area contributed by atoms with Crippen molar-refractivity contribution < 1.29 is 28.7 Å². The number of hydrogen-bond donors (Lipinski definition) is 2. The molecular weight excluding hydrogens is 354 g/mol. The molecule has 9 nitrogen and oxygen atoms in total. The van der Waals surface area contributed by atoms with Gasteiger partial charge < -0.3 is 10.5 Å². The van der Waals surface area contributed by atoms with Crippen molar-refractivity contribution in [1.29, 1.82) is 0 Å². The number of hydrogen-bond acceptors (Lipinski definition) is 6. The molecule has 1 aromatic carbocycles. The third kappa shape index (κ3) is 4.02. The molecule has 5 amide bonds. The number of nitrogens with two attached hydrogens (primary N) is 1. The van der Waals surface area contributed by atoms with Gasteiger partial charge in [-0.2, -0.15) is 0 Å². The van der Waals surface area contributed by atoms with Crippen molar-refractivity contribution >= 4 is 29.7 Å². The first kappa shape index (κ1) is 19.8. The average Bonchev–Trinajstić information content (AvgIpc) is 2.83. The van der Waals surface area contributed by atoms with Gasteiger partial charge in [0.15, 0.2) is 6.10 Å². The predicted molar refractivity (Wildman–Crippen MR) is 93.8 cm³/mol. The van der Waals surface area contributed by atoms with Crippen LogP contribution in [0.5, 0.6) is 0 Å². The van der Waals surface area contributed by atoms with E-state index in [-0.39, 0.29) is 23.2 Å². The number of nitrogens with one attached hydrogen (secondary N) is 1. The number of benzene rings is 1. The Kier molecular flexibility index (Phi) is 5.74. The number of urea groups is 1. The molecular formula is C18H19N3O6. The zero-order valence-corrected chi connectivity index (χ0v) is 14.9. The zero-order valence-electron chi connectivity index (χ0n) is 14.9. The number of amides is 5. The predicted octanol–water partition coefficient (Wildman–Crippen LogP) is 0.845. The van der Waals surface area contributed by atoms with Gasteiger partial charge in [0.1, 0.15) is 0 Å². The van der Waals surface area contributed by atoms with Crippen molar-refractivity contribution in [3.63, 3.8) is 0 Å². The minimum Gasteiger partial charge on any atom is -0.448 e. The van der Waals surface area contributed by atoms with Crippen LogP contribution in [0.1, 0.15) is 44.9 Å². The first-order valence-electron chi connectivity index (χ1n) is 8.09. The van der Waals surface area contributed by atoms with Crippen LogP contribution in [-0.2, 0) is 9.53 Å². The minimum absolute atomic E-state index is 0.00659. The van der Waals surface area contributed by atoms with Crippen molar-refractivity contribution in [3.8, 4) is 0 Å². The van der Waals surface area contributed by atoms with Gasteiger partial charge in [0.25, 0.3) is 17.7 Å². The normalized spacial score (nSPS) is 14.0. The minimum atomic E-state index is -1.26. The lowest BCUT2D eigenvalue weighted by molar-refractivity contribution is -0.130. The number of rotatable bonds is 6. The van der Waals surface area contributed by atoms with Gasteiger partial charge in [-0.25, -0.2) is 9.59 Å². The molecule has 1 aromatic rings. The molecule has 9 heteroatoms. The fraction of sp³-hybridized carbons (Fsp3) is 0.278. The van der Waals surface area contributed by atoms with E-state index in [0.29, 0.717) is 0 Å². The van der Waals surface area contributed by atoms with Crippen molar-refractivity contribution in [2.24, 2.45) is 11.7 Å². The van der Waals surface area contributed by atoms with Crippen LogP contribution in [0.4, 0.5) is 4.79 Å². The third-order valence-electron chi connectivity index (χ3n) is 3.86. The molecule has 3 N–H and O–H groups in total. The van der Waals surface area contributed by atoms with Crippen molar-refractivity contribution in [2.75, 3.05) is 6.54 Å². The van der Waals surface area contributed by atoms with Crippen molar-refractivity contribution in [1.82, 2.24) is 10.2 Å². The highest BCUT2D eigenvalue weighted by atomic mass is 16.5. The molecule has 1 heterocycles. The lowest BCUT2D eigenvalue weighted by atomic mass is 10.0. The summed E-state index contributed by atoms with van der Waals surface area (Å²) in [6.45, 7) is 6.79. The molecule has 1 aliphatic heterocycles. The zero-order chi connectivity index (χ0) is 20.3. The molecule has 0 fully saturated rings. The summed E-state index contributed by atoms with van der Waals surface area (Å²) in [5.74, 6) is -3.19. The number of fused-ring (bicyclic) bond motifs is 1. The first-order valence-corrected chi connectivity index (χ1v) is 8.09. The van der Waals surface area contributed by atoms with Gasteiger partial charge in [0.2, 0.25) is 0 Å². The van der Waals surface area contributed by atoms with Crippen LogP contribution in [0.3, 0.4) is 0 Å². The number of primary amides is 1. The molecule has 0 radical (unpaired) electrons. The fourth-order valence-electron chi connectivity index (χ4n) is 2.58. The van der Waals surface area contributed by atoms with E-state index in [1.165, 1.54) is 24.3 Å². The molecule has 1 atom stereocenters. The van der Waals surface area contributed by atoms with E-state index >= 15 is 0 Å². The molecule has 27 heavy (non-hydrogen) atoms. The van der Waals surface area contributed by atoms with Crippen molar-refractivity contribution in [3.05, 3.63) is 47.5 Å². The Morgan fingerprint density at radius 1 is 1.22 bits per heavy atom. The van der Waals surface area contributed by atoms with E-state index in [1.807, 2.05) is 5.32 Å². The molecule has 0 spiro atoms. The Bertz CT molecular complexity index is 845. The summed E-state index contributed by atoms with van der Waals surface area (Å²) in [6.07, 6.45) is 0.161. The Balaban J connectivity index is 2.25. The van der Waals surface area contributed by atoms with Gasteiger partial charge in [-0.1, -0.05) is 19.9 Å². The second-order valence-corrected chi connectivity index (χ2v) is 6.19. The van der Waals surface area contributed by atoms with Gasteiger partial charge in [-0.3, -0.25) is 24.6 Å². The number of imide groups is 2. The van der Waals surface area contributed by atoms with E-state index in [2.05, 4.69) is 6.58 Å². The Morgan fingerprint density at radius 3 is 2.41 bits per heavy atom. The summed E-state index contributed by atoms with van der Waals surface area (Å²) < 4.78 is 5.17. The molecule has 2 rings (SSSR count). The largest absolute Gasteiger partial charge is 0.448 e. The molecule has 0 unspecified atom stereocenters. The van der Waals surface area contributed by atoms with Crippen molar-refractivity contribution in [2.45, 2.75) is 20.0 Å². The maximum absolute atomic E-state index is 12.4. The summed E-state index contributed by atoms with van der Waals surface area (Å²) in [4.78, 5) is 60.7.